The van der Waals surface area contributed by atoms with Gasteiger partial charge in [0.2, 0.25) is 0 Å². The van der Waals surface area contributed by atoms with Crippen LogP contribution in [-0.4, -0.2) is 45.2 Å². The number of amides is 1. The number of hydrogen-bond acceptors (Lipinski definition) is 6. The number of carbonyl (C=O) groups excluding carboxylic acids is 1. The summed E-state index contributed by atoms with van der Waals surface area (Å²) in [4.78, 5) is 25.1. The molecule has 0 aliphatic heterocycles. The Kier molecular flexibility index (Phi) is 6.37. The van der Waals surface area contributed by atoms with Gasteiger partial charge in [-0.25, -0.2) is 0 Å². The molecule has 0 aromatic heterocycles. The quantitative estimate of drug-likeness (QED) is 0.575. The van der Waals surface area contributed by atoms with E-state index in [0.717, 1.165) is 5.69 Å². The van der Waals surface area contributed by atoms with Gasteiger partial charge in [0.1, 0.15) is 5.56 Å². The minimum absolute atomic E-state index is 0.0741. The van der Waals surface area contributed by atoms with E-state index in [1.54, 1.807) is 0 Å². The van der Waals surface area contributed by atoms with E-state index in [-0.39, 0.29) is 22.7 Å². The third-order valence-electron chi connectivity index (χ3n) is 3.87. The molecule has 2 rings (SSSR count). The first-order valence-corrected chi connectivity index (χ1v) is 7.92. The Morgan fingerprint density at radius 1 is 1.15 bits per heavy atom. The van der Waals surface area contributed by atoms with Crippen molar-refractivity contribution < 1.29 is 19.2 Å². The number of nitrogens with one attached hydrogen (secondary N) is 1. The summed E-state index contributed by atoms with van der Waals surface area (Å²) < 4.78 is 10.2. The molecule has 0 aliphatic rings. The van der Waals surface area contributed by atoms with Crippen LogP contribution >= 0.6 is 0 Å². The minimum Gasteiger partial charge on any atom is -0.493 e. The topological polar surface area (TPSA) is 93.9 Å². The first kappa shape index (κ1) is 19.0. The van der Waals surface area contributed by atoms with E-state index in [0.29, 0.717) is 13.1 Å². The van der Waals surface area contributed by atoms with Gasteiger partial charge >= 0.3 is 0 Å². The second-order valence-corrected chi connectivity index (χ2v) is 5.49. The van der Waals surface area contributed by atoms with E-state index < -0.39 is 10.8 Å². The van der Waals surface area contributed by atoms with Crippen molar-refractivity contribution in [2.24, 2.45) is 0 Å². The first-order valence-electron chi connectivity index (χ1n) is 7.92. The average Bonchev–Trinajstić information content (AvgIpc) is 2.67. The number of carbonyl (C=O) groups is 1. The Hall–Kier alpha value is -3.29. The number of benzene rings is 2. The Labute approximate surface area is 151 Å². The van der Waals surface area contributed by atoms with E-state index in [2.05, 4.69) is 5.32 Å². The fraction of sp³-hybridized carbons (Fsp3) is 0.278. The molecule has 2 aromatic carbocycles. The molecule has 0 bridgehead atoms. The van der Waals surface area contributed by atoms with Gasteiger partial charge in [-0.1, -0.05) is 18.2 Å². The average molecular weight is 359 g/mol. The molecule has 2 aromatic rings. The summed E-state index contributed by atoms with van der Waals surface area (Å²) in [7, 11) is 4.68. The third kappa shape index (κ3) is 4.41. The van der Waals surface area contributed by atoms with E-state index in [1.165, 1.54) is 26.4 Å². The van der Waals surface area contributed by atoms with E-state index in [4.69, 9.17) is 9.47 Å². The van der Waals surface area contributed by atoms with Gasteiger partial charge in [0, 0.05) is 31.9 Å². The smallest absolute Gasteiger partial charge is 0.286 e. The van der Waals surface area contributed by atoms with Gasteiger partial charge < -0.3 is 19.7 Å². The van der Waals surface area contributed by atoms with Crippen LogP contribution in [0.3, 0.4) is 0 Å². The van der Waals surface area contributed by atoms with Crippen LogP contribution in [-0.2, 0) is 0 Å². The lowest BCUT2D eigenvalue weighted by molar-refractivity contribution is -0.385. The van der Waals surface area contributed by atoms with Crippen LogP contribution in [0.15, 0.2) is 42.5 Å². The highest BCUT2D eigenvalue weighted by molar-refractivity contribution is 5.99. The number of hydrogen-bond donors (Lipinski definition) is 1. The molecule has 0 radical (unpaired) electrons. The molecule has 0 aliphatic carbocycles. The second kappa shape index (κ2) is 8.70. The van der Waals surface area contributed by atoms with Crippen molar-refractivity contribution in [3.8, 4) is 11.5 Å². The Morgan fingerprint density at radius 2 is 1.77 bits per heavy atom. The Balaban J connectivity index is 2.10. The first-order chi connectivity index (χ1) is 12.5. The largest absolute Gasteiger partial charge is 0.493 e. The van der Waals surface area contributed by atoms with E-state index >= 15 is 0 Å². The maximum Gasteiger partial charge on any atom is 0.286 e. The maximum atomic E-state index is 12.4. The van der Waals surface area contributed by atoms with Crippen LogP contribution in [0.1, 0.15) is 10.4 Å². The predicted molar refractivity (Wildman–Crippen MR) is 98.2 cm³/mol. The lowest BCUT2D eigenvalue weighted by Crippen LogP contribution is -2.33. The number of methoxy groups -OCH3 is 2. The summed E-state index contributed by atoms with van der Waals surface area (Å²) in [6.45, 7) is 0.882. The Morgan fingerprint density at radius 3 is 2.35 bits per heavy atom. The molecule has 0 fully saturated rings. The van der Waals surface area contributed by atoms with Crippen LogP contribution in [0.25, 0.3) is 0 Å². The fourth-order valence-electron chi connectivity index (χ4n) is 2.45. The molecule has 0 atom stereocenters. The second-order valence-electron chi connectivity index (χ2n) is 5.49. The summed E-state index contributed by atoms with van der Waals surface area (Å²) in [5.74, 6) is -0.0941. The van der Waals surface area contributed by atoms with E-state index in [9.17, 15) is 14.9 Å². The van der Waals surface area contributed by atoms with Crippen LogP contribution in [0.4, 0.5) is 11.4 Å². The van der Waals surface area contributed by atoms with Gasteiger partial charge in [-0.3, -0.25) is 14.9 Å². The number of rotatable bonds is 8. The zero-order valence-electron chi connectivity index (χ0n) is 14.9. The van der Waals surface area contributed by atoms with Crippen LogP contribution in [0.5, 0.6) is 11.5 Å². The molecule has 8 heteroatoms. The van der Waals surface area contributed by atoms with Crippen LogP contribution in [0.2, 0.25) is 0 Å². The van der Waals surface area contributed by atoms with Crippen molar-refractivity contribution in [2.75, 3.05) is 39.3 Å². The normalized spacial score (nSPS) is 10.1. The lowest BCUT2D eigenvalue weighted by Gasteiger charge is -2.19. The van der Waals surface area contributed by atoms with Gasteiger partial charge in [0.15, 0.2) is 11.5 Å². The maximum absolute atomic E-state index is 12.4. The van der Waals surface area contributed by atoms with Crippen molar-refractivity contribution in [3.63, 3.8) is 0 Å². The molecular formula is C18H21N3O5. The molecule has 1 amide bonds. The van der Waals surface area contributed by atoms with Gasteiger partial charge in [-0.15, -0.1) is 0 Å². The van der Waals surface area contributed by atoms with Gasteiger partial charge in [0.05, 0.1) is 25.2 Å². The number of anilines is 1. The third-order valence-corrected chi connectivity index (χ3v) is 3.87. The highest BCUT2D eigenvalue weighted by atomic mass is 16.6. The zero-order valence-corrected chi connectivity index (χ0v) is 14.9. The van der Waals surface area contributed by atoms with Gasteiger partial charge in [0.25, 0.3) is 11.6 Å². The number of para-hydroxylation sites is 1. The summed E-state index contributed by atoms with van der Waals surface area (Å²) >= 11 is 0. The SMILES string of the molecule is COc1cc(C(=O)NCCN(C)c2ccccc2)c([N+](=O)[O-])cc1OC. The molecule has 26 heavy (non-hydrogen) atoms. The number of likely N-dealkylation sites (N-methyl/N-ethyl adjacent to an activating group) is 1. The predicted octanol–water partition coefficient (Wildman–Crippen LogP) is 2.48. The number of nitro benzene ring substituents is 1. The lowest BCUT2D eigenvalue weighted by atomic mass is 10.1. The van der Waals surface area contributed by atoms with E-state index in [1.807, 2.05) is 42.3 Å². The van der Waals surface area contributed by atoms with Crippen molar-refractivity contribution in [1.82, 2.24) is 5.32 Å². The summed E-state index contributed by atoms with van der Waals surface area (Å²) in [6.07, 6.45) is 0. The molecule has 0 heterocycles. The van der Waals surface area contributed by atoms with Crippen LogP contribution in [0, 0.1) is 10.1 Å². The zero-order chi connectivity index (χ0) is 19.1. The van der Waals surface area contributed by atoms with Gasteiger partial charge in [-0.05, 0) is 12.1 Å². The van der Waals surface area contributed by atoms with Crippen molar-refractivity contribution in [3.05, 3.63) is 58.1 Å². The molecule has 0 spiro atoms. The summed E-state index contributed by atoms with van der Waals surface area (Å²) in [5.41, 5.74) is 0.602. The van der Waals surface area contributed by atoms with Gasteiger partial charge in [-0.2, -0.15) is 0 Å². The molecule has 1 N–H and O–H groups in total. The number of nitro groups is 1. The Bertz CT molecular complexity index is 780. The van der Waals surface area contributed by atoms with Crippen molar-refractivity contribution in [2.45, 2.75) is 0 Å². The summed E-state index contributed by atoms with van der Waals surface area (Å²) in [6, 6.07) is 12.2. The minimum atomic E-state index is -0.618. The molecule has 0 unspecified atom stereocenters. The van der Waals surface area contributed by atoms with Crippen LogP contribution < -0.4 is 19.7 Å². The molecular weight excluding hydrogens is 338 g/mol. The molecule has 138 valence electrons. The number of ether oxygens (including phenoxy) is 2. The monoisotopic (exact) mass is 359 g/mol. The standard InChI is InChI=1S/C18H21N3O5/c1-20(13-7-5-4-6-8-13)10-9-19-18(22)14-11-16(25-2)17(26-3)12-15(14)21(23)24/h4-8,11-12H,9-10H2,1-3H3,(H,19,22). The number of nitrogens with zero attached hydrogens (tertiary/aromatic N) is 2. The molecule has 0 saturated heterocycles. The highest BCUT2D eigenvalue weighted by Crippen LogP contribution is 2.34. The highest BCUT2D eigenvalue weighted by Gasteiger charge is 2.24. The van der Waals surface area contributed by atoms with Crippen molar-refractivity contribution >= 4 is 17.3 Å². The van der Waals surface area contributed by atoms with Crippen molar-refractivity contribution in [1.29, 1.82) is 0 Å². The molecule has 0 saturated carbocycles. The fourth-order valence-corrected chi connectivity index (χ4v) is 2.45. The molecule has 8 nitrogen and oxygen atoms in total. The summed E-state index contributed by atoms with van der Waals surface area (Å²) in [5, 5.41) is 14.0.